The van der Waals surface area contributed by atoms with Gasteiger partial charge in [-0.05, 0) is 30.7 Å². The summed E-state index contributed by atoms with van der Waals surface area (Å²) >= 11 is 0. The number of carboxylic acids is 2. The Kier molecular flexibility index (Phi) is 3.30. The van der Waals surface area contributed by atoms with Crippen molar-refractivity contribution in [3.63, 3.8) is 0 Å². The second-order valence-electron chi connectivity index (χ2n) is 3.21. The lowest BCUT2D eigenvalue weighted by Crippen LogP contribution is -1.98. The second kappa shape index (κ2) is 4.48. The number of carbonyl (C=O) groups is 2. The topological polar surface area (TPSA) is 94.8 Å². The maximum Gasteiger partial charge on any atom is 0.339 e. The Morgan fingerprint density at radius 1 is 1.25 bits per heavy atom. The van der Waals surface area contributed by atoms with Gasteiger partial charge < -0.3 is 15.3 Å². The Morgan fingerprint density at radius 2 is 1.88 bits per heavy atom. The van der Waals surface area contributed by atoms with E-state index in [0.29, 0.717) is 5.56 Å². The van der Waals surface area contributed by atoms with E-state index in [9.17, 15) is 14.7 Å². The minimum atomic E-state index is -1.26. The molecular weight excluding hydrogens is 212 g/mol. The maximum atomic E-state index is 10.7. The highest BCUT2D eigenvalue weighted by Crippen LogP contribution is 2.20. The van der Waals surface area contributed by atoms with Crippen molar-refractivity contribution in [2.24, 2.45) is 0 Å². The summed E-state index contributed by atoms with van der Waals surface area (Å²) in [6.45, 7) is 1.40. The summed E-state index contributed by atoms with van der Waals surface area (Å²) in [7, 11) is 0. The Labute approximate surface area is 91.3 Å². The molecule has 0 saturated heterocycles. The maximum absolute atomic E-state index is 10.7. The highest BCUT2D eigenvalue weighted by molar-refractivity contribution is 5.94. The van der Waals surface area contributed by atoms with Crippen molar-refractivity contribution in [2.75, 3.05) is 0 Å². The average molecular weight is 222 g/mol. The van der Waals surface area contributed by atoms with Crippen molar-refractivity contribution in [2.45, 2.75) is 6.92 Å². The van der Waals surface area contributed by atoms with E-state index in [1.165, 1.54) is 31.2 Å². The molecule has 0 unspecified atom stereocenters. The van der Waals surface area contributed by atoms with Gasteiger partial charge in [-0.3, -0.25) is 0 Å². The van der Waals surface area contributed by atoms with Crippen LogP contribution in [-0.2, 0) is 4.79 Å². The number of aliphatic carboxylic acids is 1. The van der Waals surface area contributed by atoms with E-state index in [0.717, 1.165) is 0 Å². The van der Waals surface area contributed by atoms with Gasteiger partial charge in [0.1, 0.15) is 11.3 Å². The first kappa shape index (κ1) is 11.8. The Hall–Kier alpha value is -2.30. The molecule has 0 aliphatic rings. The third-order valence-corrected chi connectivity index (χ3v) is 1.97. The van der Waals surface area contributed by atoms with Gasteiger partial charge in [-0.15, -0.1) is 0 Å². The van der Waals surface area contributed by atoms with E-state index < -0.39 is 11.9 Å². The molecular formula is C11H10O5. The molecule has 0 aliphatic carbocycles. The number of rotatable bonds is 3. The van der Waals surface area contributed by atoms with Crippen molar-refractivity contribution in [3.05, 3.63) is 34.9 Å². The molecule has 16 heavy (non-hydrogen) atoms. The number of aromatic hydroxyl groups is 1. The minimum Gasteiger partial charge on any atom is -0.507 e. The second-order valence-corrected chi connectivity index (χ2v) is 3.21. The van der Waals surface area contributed by atoms with E-state index in [1.807, 2.05) is 0 Å². The third kappa shape index (κ3) is 2.60. The average Bonchev–Trinajstić information content (AvgIpc) is 2.20. The number of benzene rings is 1. The molecule has 0 saturated carbocycles. The van der Waals surface area contributed by atoms with E-state index >= 15 is 0 Å². The first-order chi connectivity index (χ1) is 7.41. The summed E-state index contributed by atoms with van der Waals surface area (Å²) in [4.78, 5) is 21.3. The molecule has 1 aromatic carbocycles. The van der Waals surface area contributed by atoms with Crippen LogP contribution in [0.3, 0.4) is 0 Å². The Morgan fingerprint density at radius 3 is 2.38 bits per heavy atom. The number of carboxylic acid groups (broad SMARTS) is 2. The van der Waals surface area contributed by atoms with Gasteiger partial charge in [0, 0.05) is 5.57 Å². The number of hydrogen-bond donors (Lipinski definition) is 3. The van der Waals surface area contributed by atoms with Gasteiger partial charge in [-0.1, -0.05) is 6.07 Å². The van der Waals surface area contributed by atoms with Gasteiger partial charge in [0.15, 0.2) is 0 Å². The molecule has 0 atom stereocenters. The fourth-order valence-electron chi connectivity index (χ4n) is 1.13. The Balaban J connectivity index is 3.18. The molecule has 3 N–H and O–H groups in total. The normalized spacial score (nSPS) is 11.2. The fourth-order valence-corrected chi connectivity index (χ4v) is 1.13. The highest BCUT2D eigenvalue weighted by atomic mass is 16.4. The summed E-state index contributed by atoms with van der Waals surface area (Å²) in [5, 5.41) is 26.6. The number of phenols is 1. The summed E-state index contributed by atoms with van der Waals surface area (Å²) in [6.07, 6.45) is 1.33. The molecule has 0 amide bonds. The van der Waals surface area contributed by atoms with Crippen molar-refractivity contribution >= 4 is 18.0 Å². The molecule has 84 valence electrons. The van der Waals surface area contributed by atoms with Gasteiger partial charge in [-0.25, -0.2) is 9.59 Å². The fraction of sp³-hybridized carbons (Fsp3) is 0.0909. The molecule has 0 radical (unpaired) electrons. The van der Waals surface area contributed by atoms with E-state index in [2.05, 4.69) is 0 Å². The van der Waals surface area contributed by atoms with Gasteiger partial charge >= 0.3 is 11.9 Å². The van der Waals surface area contributed by atoms with Gasteiger partial charge in [0.2, 0.25) is 0 Å². The molecule has 0 bridgehead atoms. The van der Waals surface area contributed by atoms with Crippen LogP contribution in [0.25, 0.3) is 6.08 Å². The van der Waals surface area contributed by atoms with Crippen LogP contribution < -0.4 is 0 Å². The first-order valence-corrected chi connectivity index (χ1v) is 4.39. The molecule has 5 nitrogen and oxygen atoms in total. The van der Waals surface area contributed by atoms with Crippen molar-refractivity contribution in [1.29, 1.82) is 0 Å². The highest BCUT2D eigenvalue weighted by Gasteiger charge is 2.09. The van der Waals surface area contributed by atoms with Crippen molar-refractivity contribution in [3.8, 4) is 5.75 Å². The van der Waals surface area contributed by atoms with Crippen molar-refractivity contribution < 1.29 is 24.9 Å². The number of hydrogen-bond acceptors (Lipinski definition) is 3. The van der Waals surface area contributed by atoms with Crippen LogP contribution in [0, 0.1) is 0 Å². The molecule has 0 heterocycles. The zero-order chi connectivity index (χ0) is 12.3. The summed E-state index contributed by atoms with van der Waals surface area (Å²) < 4.78 is 0. The quantitative estimate of drug-likeness (QED) is 0.675. The summed E-state index contributed by atoms with van der Waals surface area (Å²) in [5.41, 5.74) is 0.240. The Bertz CT molecular complexity index is 473. The monoisotopic (exact) mass is 222 g/mol. The largest absolute Gasteiger partial charge is 0.507 e. The molecule has 0 fully saturated rings. The zero-order valence-electron chi connectivity index (χ0n) is 8.47. The molecule has 1 rings (SSSR count). The van der Waals surface area contributed by atoms with Crippen LogP contribution in [0.15, 0.2) is 23.8 Å². The third-order valence-electron chi connectivity index (χ3n) is 1.97. The molecule has 0 aromatic heterocycles. The van der Waals surface area contributed by atoms with Crippen LogP contribution in [-0.4, -0.2) is 27.3 Å². The van der Waals surface area contributed by atoms with Gasteiger partial charge in [0.25, 0.3) is 0 Å². The summed E-state index contributed by atoms with van der Waals surface area (Å²) in [5.74, 6) is -2.69. The van der Waals surface area contributed by atoms with Crippen molar-refractivity contribution in [1.82, 2.24) is 0 Å². The lowest BCUT2D eigenvalue weighted by atomic mass is 10.1. The molecule has 0 spiro atoms. The van der Waals surface area contributed by atoms with E-state index in [4.69, 9.17) is 10.2 Å². The SMILES string of the molecule is C/C(=C\c1ccc(O)c(C(=O)O)c1)C(=O)O. The van der Waals surface area contributed by atoms with E-state index in [1.54, 1.807) is 0 Å². The van der Waals surface area contributed by atoms with Crippen LogP contribution in [0.4, 0.5) is 0 Å². The minimum absolute atomic E-state index is 0.0852. The van der Waals surface area contributed by atoms with E-state index in [-0.39, 0.29) is 16.9 Å². The molecule has 1 aromatic rings. The first-order valence-electron chi connectivity index (χ1n) is 4.39. The van der Waals surface area contributed by atoms with Crippen LogP contribution in [0.2, 0.25) is 0 Å². The standard InChI is InChI=1S/C11H10O5/c1-6(10(13)14)4-7-2-3-9(12)8(5-7)11(15)16/h2-5,12H,1H3,(H,13,14)(H,15,16)/b6-4+. The lowest BCUT2D eigenvalue weighted by Gasteiger charge is -2.01. The number of aromatic carboxylic acids is 1. The smallest absolute Gasteiger partial charge is 0.339 e. The molecule has 5 heteroatoms. The van der Waals surface area contributed by atoms with Gasteiger partial charge in [0.05, 0.1) is 0 Å². The lowest BCUT2D eigenvalue weighted by molar-refractivity contribution is -0.132. The zero-order valence-corrected chi connectivity index (χ0v) is 8.47. The molecule has 0 aliphatic heterocycles. The predicted molar refractivity (Wildman–Crippen MR) is 56.4 cm³/mol. The van der Waals surface area contributed by atoms with Crippen LogP contribution >= 0.6 is 0 Å². The predicted octanol–water partition coefficient (Wildman–Crippen LogP) is 1.58. The van der Waals surface area contributed by atoms with Crippen LogP contribution in [0.1, 0.15) is 22.8 Å². The van der Waals surface area contributed by atoms with Gasteiger partial charge in [-0.2, -0.15) is 0 Å². The summed E-state index contributed by atoms with van der Waals surface area (Å²) in [6, 6.07) is 3.86. The van der Waals surface area contributed by atoms with Crippen LogP contribution in [0.5, 0.6) is 5.75 Å².